The first-order valence-corrected chi connectivity index (χ1v) is 16.6. The number of alkyl halides is 2. The molecule has 210 valence electrons. The summed E-state index contributed by atoms with van der Waals surface area (Å²) in [7, 11) is 0. The van der Waals surface area contributed by atoms with Crippen LogP contribution in [0.3, 0.4) is 0 Å². The molecule has 0 radical (unpaired) electrons. The van der Waals surface area contributed by atoms with Gasteiger partial charge in [-0.1, -0.05) is 6.07 Å². The number of benzene rings is 1. The molecule has 1 unspecified atom stereocenters. The molecule has 0 spiro atoms. The number of nitrogens with one attached hydrogen (secondary N) is 1. The van der Waals surface area contributed by atoms with Crippen molar-refractivity contribution in [3.8, 4) is 23.1 Å². The van der Waals surface area contributed by atoms with Crippen LogP contribution in [-0.4, -0.2) is 51.0 Å². The minimum absolute atomic E-state index is 0.0480. The summed E-state index contributed by atoms with van der Waals surface area (Å²) in [4.78, 5) is 41.2. The summed E-state index contributed by atoms with van der Waals surface area (Å²) in [5.74, 6) is 8.18. The van der Waals surface area contributed by atoms with E-state index in [4.69, 9.17) is 10.7 Å². The van der Waals surface area contributed by atoms with Crippen molar-refractivity contribution in [1.82, 2.24) is 24.3 Å². The Morgan fingerprint density at radius 3 is 2.76 bits per heavy atom. The molecule has 3 aromatic heterocycles. The Balaban J connectivity index is 1.24. The Labute approximate surface area is 249 Å². The first-order valence-electron chi connectivity index (χ1n) is 13.9. The summed E-state index contributed by atoms with van der Waals surface area (Å²) in [5, 5.41) is 2.80. The van der Waals surface area contributed by atoms with Crippen molar-refractivity contribution >= 4 is 29.0 Å². The first-order chi connectivity index (χ1) is 20.0. The van der Waals surface area contributed by atoms with E-state index in [9.17, 15) is 9.59 Å². The molecule has 1 saturated carbocycles. The van der Waals surface area contributed by atoms with Gasteiger partial charge < -0.3 is 5.32 Å². The fraction of sp³-hybridized carbons (Fsp3) is 0.323. The van der Waals surface area contributed by atoms with E-state index in [1.165, 1.54) is 12.8 Å². The predicted molar refractivity (Wildman–Crippen MR) is 154 cm³/mol. The van der Waals surface area contributed by atoms with Gasteiger partial charge in [0.15, 0.2) is 0 Å². The Bertz CT molecular complexity index is 1640. The molecule has 2 aliphatic rings. The minimum atomic E-state index is -0.252. The summed E-state index contributed by atoms with van der Waals surface area (Å²) >= 11 is 0.0480. The Morgan fingerprint density at radius 1 is 1.15 bits per heavy atom. The monoisotopic (exact) mass is 660 g/mol. The number of likely N-dealkylation sites (tertiary alicyclic amines) is 1. The standard InChI is InChI=1S/C31H31IN7O2/c1-2-20-19-23(20)32-14-5-9-26(40)38-17-6-7-24(38)30-37-27(28-29(33)35-16-18-39(28)30)21-10-12-22(13-11-21)31(41)36-25-8-3-4-15-34-25/h3-4,8,10-13,15-16,18,20,23-24H,2,6-7,14,17,19H2,1H3,(H2,33,35)(H,34,36,41)/q-1/t20?,23-,24+/m1/s1. The van der Waals surface area contributed by atoms with Gasteiger partial charge in [0.05, 0.1) is 0 Å². The number of carbonyl (C=O) groups excluding carboxylic acids is 2. The van der Waals surface area contributed by atoms with Gasteiger partial charge in [-0.2, -0.15) is 0 Å². The number of nitrogens with zero attached hydrogens (tertiary/aromatic N) is 5. The second-order valence-corrected chi connectivity index (χ2v) is 13.5. The van der Waals surface area contributed by atoms with Crippen LogP contribution in [0.5, 0.6) is 0 Å². The van der Waals surface area contributed by atoms with Crippen LogP contribution in [-0.2, 0) is 4.79 Å². The van der Waals surface area contributed by atoms with E-state index in [-0.39, 0.29) is 39.1 Å². The van der Waals surface area contributed by atoms with E-state index in [0.717, 1.165) is 38.5 Å². The summed E-state index contributed by atoms with van der Waals surface area (Å²) in [6, 6.07) is 12.3. The van der Waals surface area contributed by atoms with Crippen molar-refractivity contribution in [2.45, 2.75) is 42.6 Å². The van der Waals surface area contributed by atoms with Crippen LogP contribution in [0.15, 0.2) is 61.1 Å². The van der Waals surface area contributed by atoms with E-state index >= 15 is 0 Å². The molecule has 1 aliphatic carbocycles. The second kappa shape index (κ2) is 11.9. The quantitative estimate of drug-likeness (QED) is 0.175. The molecule has 1 aliphatic heterocycles. The number of imidazole rings is 1. The molecule has 41 heavy (non-hydrogen) atoms. The Hall–Kier alpha value is -3.98. The summed E-state index contributed by atoms with van der Waals surface area (Å²) in [5.41, 5.74) is 8.98. The van der Waals surface area contributed by atoms with Crippen LogP contribution in [0.25, 0.3) is 16.8 Å². The maximum atomic E-state index is 13.2. The molecule has 9 nitrogen and oxygen atoms in total. The fourth-order valence-electron chi connectivity index (χ4n) is 5.35. The van der Waals surface area contributed by atoms with Crippen molar-refractivity contribution in [3.63, 3.8) is 0 Å². The topological polar surface area (TPSA) is 119 Å². The van der Waals surface area contributed by atoms with Crippen LogP contribution in [0.2, 0.25) is 0 Å². The van der Waals surface area contributed by atoms with Gasteiger partial charge in [0.1, 0.15) is 5.82 Å². The van der Waals surface area contributed by atoms with Gasteiger partial charge in [-0.25, -0.2) is 4.98 Å². The number of anilines is 2. The van der Waals surface area contributed by atoms with Crippen LogP contribution < -0.4 is 32.3 Å². The van der Waals surface area contributed by atoms with Crippen molar-refractivity contribution in [2.24, 2.45) is 5.92 Å². The third-order valence-electron chi connectivity index (χ3n) is 7.65. The maximum absolute atomic E-state index is 13.2. The molecule has 3 atom stereocenters. The molecule has 10 heteroatoms. The van der Waals surface area contributed by atoms with Gasteiger partial charge in [0.2, 0.25) is 0 Å². The molecule has 1 aromatic carbocycles. The second-order valence-electron chi connectivity index (χ2n) is 10.3. The number of nitrogens with two attached hydrogens (primary N) is 1. The average Bonchev–Trinajstić information content (AvgIpc) is 3.38. The van der Waals surface area contributed by atoms with Gasteiger partial charge in [0, 0.05) is 11.8 Å². The molecule has 4 aromatic rings. The molecule has 0 bridgehead atoms. The molecule has 4 heterocycles. The van der Waals surface area contributed by atoms with E-state index in [0.29, 0.717) is 35.0 Å². The molecular formula is C31H31IN7O2-. The number of hydrogen-bond acceptors (Lipinski definition) is 6. The van der Waals surface area contributed by atoms with Gasteiger partial charge >= 0.3 is 193 Å². The number of pyridine rings is 1. The summed E-state index contributed by atoms with van der Waals surface area (Å²) in [6.07, 6.45) is 9.41. The summed E-state index contributed by atoms with van der Waals surface area (Å²) in [6.45, 7) is 2.91. The van der Waals surface area contributed by atoms with Crippen LogP contribution >= 0.6 is 0 Å². The Kier molecular flexibility index (Phi) is 7.87. The first kappa shape index (κ1) is 27.2. The number of amides is 2. The van der Waals surface area contributed by atoms with Crippen LogP contribution in [0, 0.1) is 17.8 Å². The molecule has 3 N–H and O–H groups in total. The molecule has 2 fully saturated rings. The van der Waals surface area contributed by atoms with Gasteiger partial charge in [0.25, 0.3) is 5.91 Å². The summed E-state index contributed by atoms with van der Waals surface area (Å²) < 4.78 is 3.70. The van der Waals surface area contributed by atoms with E-state index < -0.39 is 0 Å². The number of nitrogen functional groups attached to an aromatic ring is 1. The number of carbonyl (C=O) groups is 2. The number of fused-ring (bicyclic) bond motifs is 1. The Morgan fingerprint density at radius 2 is 2.00 bits per heavy atom. The average molecular weight is 661 g/mol. The zero-order valence-electron chi connectivity index (χ0n) is 22.8. The normalized spacial score (nSPS) is 19.6. The van der Waals surface area contributed by atoms with Crippen LogP contribution in [0.4, 0.5) is 11.6 Å². The van der Waals surface area contributed by atoms with E-state index in [2.05, 4.69) is 34.0 Å². The van der Waals surface area contributed by atoms with Gasteiger partial charge in [-0.15, -0.1) is 0 Å². The van der Waals surface area contributed by atoms with Crippen molar-refractivity contribution in [3.05, 3.63) is 72.4 Å². The van der Waals surface area contributed by atoms with E-state index in [1.807, 2.05) is 33.7 Å². The van der Waals surface area contributed by atoms with Crippen molar-refractivity contribution in [1.29, 1.82) is 0 Å². The van der Waals surface area contributed by atoms with Gasteiger partial charge in [-0.05, 0) is 12.1 Å². The third-order valence-corrected chi connectivity index (χ3v) is 11.1. The predicted octanol–water partition coefficient (Wildman–Crippen LogP) is 1.18. The fourth-order valence-corrected chi connectivity index (χ4v) is 8.56. The van der Waals surface area contributed by atoms with Gasteiger partial charge in [-0.3, -0.25) is 4.79 Å². The van der Waals surface area contributed by atoms with Crippen LogP contribution in [0.1, 0.15) is 54.8 Å². The van der Waals surface area contributed by atoms with Crippen molar-refractivity contribution < 1.29 is 30.8 Å². The zero-order valence-corrected chi connectivity index (χ0v) is 24.9. The molecule has 6 rings (SSSR count). The zero-order chi connectivity index (χ0) is 28.3. The van der Waals surface area contributed by atoms with E-state index in [1.54, 1.807) is 36.7 Å². The van der Waals surface area contributed by atoms with Crippen molar-refractivity contribution in [2.75, 3.05) is 22.0 Å². The third kappa shape index (κ3) is 5.77. The number of rotatable bonds is 7. The number of halogens is 1. The number of aromatic nitrogens is 4. The SMILES string of the molecule is CCC1C[C@H]1[I-]CC#CC(=O)N1CCC[C@H]1c1nc(-c2ccc(C(=O)Nc3ccccn3)cc2)c2c(N)nccn12. The molecule has 1 saturated heterocycles. The molecular weight excluding hydrogens is 629 g/mol. The molecule has 2 amide bonds. The number of hydrogen-bond donors (Lipinski definition) is 2.